The first-order chi connectivity index (χ1) is 9.31. The van der Waals surface area contributed by atoms with Crippen LogP contribution in [0.3, 0.4) is 0 Å². The summed E-state index contributed by atoms with van der Waals surface area (Å²) in [6, 6.07) is 10.1. The Morgan fingerprint density at radius 2 is 1.89 bits per heavy atom. The Balaban J connectivity index is 2.09. The highest BCUT2D eigenvalue weighted by molar-refractivity contribution is 6.32. The Morgan fingerprint density at radius 1 is 1.21 bits per heavy atom. The SMILES string of the molecule is O=Cc1c(-c2ccccc2)nn(C2CCCC2)c1Cl. The Kier molecular flexibility index (Phi) is 3.38. The molecule has 98 valence electrons. The lowest BCUT2D eigenvalue weighted by atomic mass is 10.1. The van der Waals surface area contributed by atoms with E-state index in [0.717, 1.165) is 24.7 Å². The second-order valence-electron chi connectivity index (χ2n) is 4.92. The molecule has 1 saturated carbocycles. The van der Waals surface area contributed by atoms with E-state index < -0.39 is 0 Å². The average Bonchev–Trinajstić information content (AvgIpc) is 3.07. The third kappa shape index (κ3) is 2.19. The van der Waals surface area contributed by atoms with Gasteiger partial charge < -0.3 is 0 Å². The van der Waals surface area contributed by atoms with Gasteiger partial charge in [0.05, 0.1) is 11.6 Å². The van der Waals surface area contributed by atoms with Crippen LogP contribution in [0.5, 0.6) is 0 Å². The first-order valence-electron chi connectivity index (χ1n) is 6.60. The van der Waals surface area contributed by atoms with Gasteiger partial charge in [-0.1, -0.05) is 54.8 Å². The summed E-state index contributed by atoms with van der Waals surface area (Å²) in [4.78, 5) is 11.3. The fourth-order valence-electron chi connectivity index (χ4n) is 2.73. The molecule has 1 fully saturated rings. The zero-order valence-electron chi connectivity index (χ0n) is 10.6. The van der Waals surface area contributed by atoms with E-state index in [2.05, 4.69) is 5.10 Å². The van der Waals surface area contributed by atoms with Crippen molar-refractivity contribution in [2.45, 2.75) is 31.7 Å². The molecule has 1 heterocycles. The van der Waals surface area contributed by atoms with Crippen LogP contribution in [0.1, 0.15) is 42.1 Å². The Bertz CT molecular complexity index is 586. The minimum absolute atomic E-state index is 0.337. The van der Waals surface area contributed by atoms with Gasteiger partial charge in [0.25, 0.3) is 0 Å². The molecule has 0 bridgehead atoms. The molecular weight excluding hydrogens is 260 g/mol. The number of aldehydes is 1. The van der Waals surface area contributed by atoms with Gasteiger partial charge >= 0.3 is 0 Å². The fraction of sp³-hybridized carbons (Fsp3) is 0.333. The van der Waals surface area contributed by atoms with Gasteiger partial charge in [-0.25, -0.2) is 4.68 Å². The van der Waals surface area contributed by atoms with Gasteiger partial charge in [-0.3, -0.25) is 4.79 Å². The zero-order valence-corrected chi connectivity index (χ0v) is 11.3. The molecule has 1 aliphatic carbocycles. The molecule has 19 heavy (non-hydrogen) atoms. The Morgan fingerprint density at radius 3 is 2.53 bits per heavy atom. The smallest absolute Gasteiger partial charge is 0.155 e. The molecule has 1 aliphatic rings. The molecule has 0 unspecified atom stereocenters. The molecule has 4 heteroatoms. The molecule has 0 atom stereocenters. The lowest BCUT2D eigenvalue weighted by molar-refractivity contribution is 0.112. The Labute approximate surface area is 117 Å². The maximum Gasteiger partial charge on any atom is 0.155 e. The summed E-state index contributed by atoms with van der Waals surface area (Å²) in [6.07, 6.45) is 5.40. The fourth-order valence-corrected chi connectivity index (χ4v) is 3.04. The third-order valence-corrected chi connectivity index (χ3v) is 4.10. The van der Waals surface area contributed by atoms with Gasteiger partial charge in [0.1, 0.15) is 10.8 Å². The lowest BCUT2D eigenvalue weighted by Crippen LogP contribution is -2.06. The van der Waals surface area contributed by atoms with Crippen molar-refractivity contribution in [2.75, 3.05) is 0 Å². The monoisotopic (exact) mass is 274 g/mol. The first-order valence-corrected chi connectivity index (χ1v) is 6.97. The topological polar surface area (TPSA) is 34.9 Å². The average molecular weight is 275 g/mol. The molecule has 0 aliphatic heterocycles. The molecule has 0 amide bonds. The van der Waals surface area contributed by atoms with Crippen molar-refractivity contribution in [2.24, 2.45) is 0 Å². The number of halogens is 1. The van der Waals surface area contributed by atoms with E-state index in [0.29, 0.717) is 22.5 Å². The highest BCUT2D eigenvalue weighted by Gasteiger charge is 2.24. The predicted octanol–water partition coefficient (Wildman–Crippen LogP) is 4.13. The molecule has 1 aromatic heterocycles. The van der Waals surface area contributed by atoms with Gasteiger partial charge in [-0.2, -0.15) is 5.10 Å². The van der Waals surface area contributed by atoms with Crippen LogP contribution in [0.4, 0.5) is 0 Å². The van der Waals surface area contributed by atoms with Crippen LogP contribution in [-0.2, 0) is 0 Å². The molecule has 1 aromatic carbocycles. The Hall–Kier alpha value is -1.61. The second-order valence-corrected chi connectivity index (χ2v) is 5.28. The number of carbonyl (C=O) groups excluding carboxylic acids is 1. The molecular formula is C15H15ClN2O. The van der Waals surface area contributed by atoms with E-state index in [1.165, 1.54) is 12.8 Å². The minimum Gasteiger partial charge on any atom is -0.298 e. The van der Waals surface area contributed by atoms with Gasteiger partial charge in [-0.15, -0.1) is 0 Å². The van der Waals surface area contributed by atoms with Crippen molar-refractivity contribution in [3.05, 3.63) is 41.0 Å². The van der Waals surface area contributed by atoms with Crippen LogP contribution >= 0.6 is 11.6 Å². The molecule has 3 nitrogen and oxygen atoms in total. The second kappa shape index (κ2) is 5.17. The highest BCUT2D eigenvalue weighted by atomic mass is 35.5. The van der Waals surface area contributed by atoms with Crippen LogP contribution in [0.2, 0.25) is 5.15 Å². The summed E-state index contributed by atoms with van der Waals surface area (Å²) in [5, 5.41) is 5.06. The molecule has 3 rings (SSSR count). The van der Waals surface area contributed by atoms with Crippen molar-refractivity contribution in [1.29, 1.82) is 0 Å². The van der Waals surface area contributed by atoms with Gasteiger partial charge in [0.15, 0.2) is 6.29 Å². The summed E-state index contributed by atoms with van der Waals surface area (Å²) in [5.74, 6) is 0. The number of rotatable bonds is 3. The molecule has 0 N–H and O–H groups in total. The van der Waals surface area contributed by atoms with Crippen molar-refractivity contribution in [3.8, 4) is 11.3 Å². The van der Waals surface area contributed by atoms with E-state index in [4.69, 9.17) is 11.6 Å². The van der Waals surface area contributed by atoms with E-state index in [-0.39, 0.29) is 0 Å². The van der Waals surface area contributed by atoms with Crippen molar-refractivity contribution < 1.29 is 4.79 Å². The van der Waals surface area contributed by atoms with Gasteiger partial charge in [-0.05, 0) is 12.8 Å². The van der Waals surface area contributed by atoms with Crippen molar-refractivity contribution in [1.82, 2.24) is 9.78 Å². The lowest BCUT2D eigenvalue weighted by Gasteiger charge is -2.10. The zero-order chi connectivity index (χ0) is 13.2. The minimum atomic E-state index is 0.337. The number of benzene rings is 1. The van der Waals surface area contributed by atoms with E-state index in [9.17, 15) is 4.79 Å². The first kappa shape index (κ1) is 12.4. The van der Waals surface area contributed by atoms with Crippen LogP contribution in [-0.4, -0.2) is 16.1 Å². The maximum atomic E-state index is 11.3. The largest absolute Gasteiger partial charge is 0.298 e. The third-order valence-electron chi connectivity index (χ3n) is 3.72. The van der Waals surface area contributed by atoms with Crippen LogP contribution in [0, 0.1) is 0 Å². The number of hydrogen-bond acceptors (Lipinski definition) is 2. The van der Waals surface area contributed by atoms with Crippen molar-refractivity contribution >= 4 is 17.9 Å². The van der Waals surface area contributed by atoms with Gasteiger partial charge in [0, 0.05) is 5.56 Å². The number of hydrogen-bond donors (Lipinski definition) is 0. The standard InChI is InChI=1S/C15H15ClN2O/c16-15-13(10-19)14(11-6-2-1-3-7-11)17-18(15)12-8-4-5-9-12/h1-3,6-7,10,12H,4-5,8-9H2. The van der Waals surface area contributed by atoms with Crippen LogP contribution < -0.4 is 0 Å². The maximum absolute atomic E-state index is 11.3. The summed E-state index contributed by atoms with van der Waals surface area (Å²) >= 11 is 6.33. The van der Waals surface area contributed by atoms with Gasteiger partial charge in [0.2, 0.25) is 0 Å². The van der Waals surface area contributed by atoms with Crippen LogP contribution in [0.15, 0.2) is 30.3 Å². The molecule has 0 saturated heterocycles. The summed E-state index contributed by atoms with van der Waals surface area (Å²) in [5.41, 5.74) is 2.12. The molecule has 2 aromatic rings. The van der Waals surface area contributed by atoms with Crippen molar-refractivity contribution in [3.63, 3.8) is 0 Å². The quantitative estimate of drug-likeness (QED) is 0.789. The molecule has 0 spiro atoms. The van der Waals surface area contributed by atoms with E-state index in [1.807, 2.05) is 35.0 Å². The summed E-state index contributed by atoms with van der Waals surface area (Å²) in [6.45, 7) is 0. The predicted molar refractivity (Wildman–Crippen MR) is 75.6 cm³/mol. The van der Waals surface area contributed by atoms with Crippen LogP contribution in [0.25, 0.3) is 11.3 Å². The highest BCUT2D eigenvalue weighted by Crippen LogP contribution is 2.35. The number of carbonyl (C=O) groups is 1. The van der Waals surface area contributed by atoms with E-state index in [1.54, 1.807) is 0 Å². The van der Waals surface area contributed by atoms with E-state index >= 15 is 0 Å². The number of aromatic nitrogens is 2. The normalized spacial score (nSPS) is 15.8. The number of nitrogens with zero attached hydrogens (tertiary/aromatic N) is 2. The summed E-state index contributed by atoms with van der Waals surface area (Å²) in [7, 11) is 0. The summed E-state index contributed by atoms with van der Waals surface area (Å²) < 4.78 is 1.83. The molecule has 0 radical (unpaired) electrons.